The van der Waals surface area contributed by atoms with Gasteiger partial charge in [-0.25, -0.2) is 0 Å². The fourth-order valence-corrected chi connectivity index (χ4v) is 3.48. The van der Waals surface area contributed by atoms with Gasteiger partial charge < -0.3 is 19.8 Å². The van der Waals surface area contributed by atoms with Crippen LogP contribution in [0.25, 0.3) is 10.9 Å². The summed E-state index contributed by atoms with van der Waals surface area (Å²) < 4.78 is 10.9. The van der Waals surface area contributed by atoms with Crippen molar-refractivity contribution in [3.05, 3.63) is 95.7 Å². The molecule has 0 bridgehead atoms. The highest BCUT2D eigenvalue weighted by Crippen LogP contribution is 2.24. The molecule has 4 aromatic rings. The summed E-state index contributed by atoms with van der Waals surface area (Å²) in [5.74, 6) is 0.522. The number of aromatic nitrogens is 1. The van der Waals surface area contributed by atoms with E-state index in [-0.39, 0.29) is 5.91 Å². The van der Waals surface area contributed by atoms with E-state index in [1.807, 2.05) is 54.7 Å². The molecule has 0 saturated heterocycles. The summed E-state index contributed by atoms with van der Waals surface area (Å²) in [6.45, 7) is 2.33. The average molecular weight is 428 g/mol. The predicted octanol–water partition coefficient (Wildman–Crippen LogP) is 4.64. The standard InChI is InChI=1S/C26H24N2O4/c1-18(29)32-23-9-5-8-20(14-23)26(30)27-13-12-21-16-28-25-15-22(10-11-24(21)25)31-17-19-6-3-2-4-7-19/h2-11,14-16,28H,12-13,17H2,1H3,(H,27,30). The number of carbonyl (C=O) groups is 2. The lowest BCUT2D eigenvalue weighted by atomic mass is 10.1. The molecule has 0 fully saturated rings. The van der Waals surface area contributed by atoms with Crippen molar-refractivity contribution in [2.75, 3.05) is 6.54 Å². The number of amides is 1. The minimum absolute atomic E-state index is 0.213. The second-order valence-corrected chi connectivity index (χ2v) is 7.42. The molecule has 0 spiro atoms. The number of fused-ring (bicyclic) bond motifs is 1. The number of nitrogens with one attached hydrogen (secondary N) is 2. The molecular formula is C26H24N2O4. The number of ether oxygens (including phenoxy) is 2. The van der Waals surface area contributed by atoms with Gasteiger partial charge in [-0.2, -0.15) is 0 Å². The molecule has 6 nitrogen and oxygen atoms in total. The van der Waals surface area contributed by atoms with E-state index in [1.165, 1.54) is 6.92 Å². The lowest BCUT2D eigenvalue weighted by Gasteiger charge is -2.08. The van der Waals surface area contributed by atoms with Crippen molar-refractivity contribution in [1.29, 1.82) is 0 Å². The Hall–Kier alpha value is -4.06. The van der Waals surface area contributed by atoms with E-state index in [4.69, 9.17) is 9.47 Å². The van der Waals surface area contributed by atoms with Crippen LogP contribution in [0.4, 0.5) is 0 Å². The number of benzene rings is 3. The lowest BCUT2D eigenvalue weighted by molar-refractivity contribution is -0.131. The lowest BCUT2D eigenvalue weighted by Crippen LogP contribution is -2.25. The van der Waals surface area contributed by atoms with Gasteiger partial charge in [0.05, 0.1) is 0 Å². The maximum absolute atomic E-state index is 12.4. The van der Waals surface area contributed by atoms with Crippen LogP contribution in [0.15, 0.2) is 79.0 Å². The number of rotatable bonds is 8. The zero-order chi connectivity index (χ0) is 22.3. The zero-order valence-electron chi connectivity index (χ0n) is 17.8. The summed E-state index contributed by atoms with van der Waals surface area (Å²) in [5, 5.41) is 4.01. The van der Waals surface area contributed by atoms with E-state index < -0.39 is 5.97 Å². The molecule has 0 radical (unpaired) electrons. The largest absolute Gasteiger partial charge is 0.489 e. The molecule has 4 rings (SSSR count). The van der Waals surface area contributed by atoms with Gasteiger partial charge in [0.15, 0.2) is 0 Å². The summed E-state index contributed by atoms with van der Waals surface area (Å²) in [7, 11) is 0. The van der Waals surface area contributed by atoms with Crippen LogP contribution >= 0.6 is 0 Å². The minimum atomic E-state index is -0.421. The van der Waals surface area contributed by atoms with E-state index >= 15 is 0 Å². The van der Waals surface area contributed by atoms with Crippen molar-refractivity contribution in [3.8, 4) is 11.5 Å². The fraction of sp³-hybridized carbons (Fsp3) is 0.154. The number of carbonyl (C=O) groups excluding carboxylic acids is 2. The third-order valence-corrected chi connectivity index (χ3v) is 5.02. The molecule has 32 heavy (non-hydrogen) atoms. The Kier molecular flexibility index (Phi) is 6.51. The zero-order valence-corrected chi connectivity index (χ0v) is 17.8. The van der Waals surface area contributed by atoms with Gasteiger partial charge in [-0.15, -0.1) is 0 Å². The molecule has 0 aliphatic heterocycles. The van der Waals surface area contributed by atoms with Gasteiger partial charge >= 0.3 is 5.97 Å². The van der Waals surface area contributed by atoms with E-state index in [2.05, 4.69) is 10.3 Å². The molecule has 1 amide bonds. The normalized spacial score (nSPS) is 10.7. The Balaban J connectivity index is 1.33. The second kappa shape index (κ2) is 9.83. The van der Waals surface area contributed by atoms with E-state index in [0.29, 0.717) is 30.9 Å². The van der Waals surface area contributed by atoms with Crippen molar-refractivity contribution < 1.29 is 19.1 Å². The number of esters is 1. The first-order valence-corrected chi connectivity index (χ1v) is 10.4. The molecule has 0 aliphatic rings. The Morgan fingerprint density at radius 3 is 2.59 bits per heavy atom. The van der Waals surface area contributed by atoms with Crippen LogP contribution in [0.1, 0.15) is 28.4 Å². The van der Waals surface area contributed by atoms with Crippen LogP contribution in [-0.4, -0.2) is 23.4 Å². The molecule has 0 unspecified atom stereocenters. The van der Waals surface area contributed by atoms with E-state index in [1.54, 1.807) is 24.3 Å². The molecule has 162 valence electrons. The molecule has 0 atom stereocenters. The summed E-state index contributed by atoms with van der Waals surface area (Å²) in [5.41, 5.74) is 3.67. The highest BCUT2D eigenvalue weighted by Gasteiger charge is 2.09. The van der Waals surface area contributed by atoms with Crippen molar-refractivity contribution in [1.82, 2.24) is 10.3 Å². The molecule has 2 N–H and O–H groups in total. The van der Waals surface area contributed by atoms with Crippen LogP contribution < -0.4 is 14.8 Å². The summed E-state index contributed by atoms with van der Waals surface area (Å²) in [6, 6.07) is 22.6. The van der Waals surface area contributed by atoms with Gasteiger partial charge in [0.25, 0.3) is 5.91 Å². The fourth-order valence-electron chi connectivity index (χ4n) is 3.48. The summed E-state index contributed by atoms with van der Waals surface area (Å²) in [6.07, 6.45) is 2.64. The summed E-state index contributed by atoms with van der Waals surface area (Å²) >= 11 is 0. The number of H-pyrrole nitrogens is 1. The second-order valence-electron chi connectivity index (χ2n) is 7.42. The van der Waals surface area contributed by atoms with E-state index in [9.17, 15) is 9.59 Å². The Bertz CT molecular complexity index is 1230. The molecule has 6 heteroatoms. The van der Waals surface area contributed by atoms with Crippen LogP contribution in [-0.2, 0) is 17.8 Å². The van der Waals surface area contributed by atoms with Crippen molar-refractivity contribution in [2.45, 2.75) is 20.0 Å². The predicted molar refractivity (Wildman–Crippen MR) is 123 cm³/mol. The number of aromatic amines is 1. The third kappa shape index (κ3) is 5.35. The van der Waals surface area contributed by atoms with Gasteiger partial charge in [0, 0.05) is 42.2 Å². The van der Waals surface area contributed by atoms with Crippen LogP contribution in [0, 0.1) is 0 Å². The first-order valence-electron chi connectivity index (χ1n) is 10.4. The molecule has 0 saturated carbocycles. The van der Waals surface area contributed by atoms with Crippen LogP contribution in [0.5, 0.6) is 11.5 Å². The number of hydrogen-bond acceptors (Lipinski definition) is 4. The first kappa shape index (κ1) is 21.2. The van der Waals surface area contributed by atoms with Crippen molar-refractivity contribution in [2.24, 2.45) is 0 Å². The average Bonchev–Trinajstić information content (AvgIpc) is 3.20. The molecule has 1 aromatic heterocycles. The van der Waals surface area contributed by atoms with Crippen LogP contribution in [0.3, 0.4) is 0 Å². The Morgan fingerprint density at radius 2 is 1.78 bits per heavy atom. The molecule has 0 aliphatic carbocycles. The van der Waals surface area contributed by atoms with Gasteiger partial charge in [-0.05, 0) is 47.9 Å². The topological polar surface area (TPSA) is 80.4 Å². The minimum Gasteiger partial charge on any atom is -0.489 e. The monoisotopic (exact) mass is 428 g/mol. The maximum atomic E-state index is 12.4. The van der Waals surface area contributed by atoms with Gasteiger partial charge in [-0.1, -0.05) is 36.4 Å². The quantitative estimate of drug-likeness (QED) is 0.316. The summed E-state index contributed by atoms with van der Waals surface area (Å²) in [4.78, 5) is 26.8. The van der Waals surface area contributed by atoms with Gasteiger partial charge in [0.2, 0.25) is 0 Å². The first-order chi connectivity index (χ1) is 15.6. The van der Waals surface area contributed by atoms with Gasteiger partial charge in [-0.3, -0.25) is 9.59 Å². The molecular weight excluding hydrogens is 404 g/mol. The number of hydrogen-bond donors (Lipinski definition) is 2. The SMILES string of the molecule is CC(=O)Oc1cccc(C(=O)NCCc2c[nH]c3cc(OCc4ccccc4)ccc23)c1. The van der Waals surface area contributed by atoms with Crippen molar-refractivity contribution >= 4 is 22.8 Å². The maximum Gasteiger partial charge on any atom is 0.308 e. The van der Waals surface area contributed by atoms with Crippen LogP contribution in [0.2, 0.25) is 0 Å². The van der Waals surface area contributed by atoms with E-state index in [0.717, 1.165) is 27.8 Å². The molecule has 1 heterocycles. The van der Waals surface area contributed by atoms with Gasteiger partial charge in [0.1, 0.15) is 18.1 Å². The highest BCUT2D eigenvalue weighted by molar-refractivity contribution is 5.94. The molecule has 3 aromatic carbocycles. The Labute approximate surface area is 186 Å². The smallest absolute Gasteiger partial charge is 0.308 e. The Morgan fingerprint density at radius 1 is 0.938 bits per heavy atom. The third-order valence-electron chi connectivity index (χ3n) is 5.02. The highest BCUT2D eigenvalue weighted by atomic mass is 16.5. The van der Waals surface area contributed by atoms with Crippen molar-refractivity contribution in [3.63, 3.8) is 0 Å².